The molecule has 0 amide bonds. The Kier molecular flexibility index (Phi) is 5.08. The van der Waals surface area contributed by atoms with E-state index in [1.807, 2.05) is 56.3 Å². The number of aromatic carboxylic acids is 1. The van der Waals surface area contributed by atoms with Gasteiger partial charge in [-0.25, -0.2) is 9.78 Å². The van der Waals surface area contributed by atoms with Gasteiger partial charge in [0.1, 0.15) is 5.75 Å². The van der Waals surface area contributed by atoms with E-state index in [2.05, 4.69) is 9.97 Å². The number of carboxylic acids is 1. The monoisotopic (exact) mass is 346 g/mol. The van der Waals surface area contributed by atoms with E-state index in [1.54, 1.807) is 12.1 Å². The van der Waals surface area contributed by atoms with E-state index < -0.39 is 5.97 Å². The summed E-state index contributed by atoms with van der Waals surface area (Å²) in [5, 5.41) is 9.01. The summed E-state index contributed by atoms with van der Waals surface area (Å²) >= 11 is 0. The quantitative estimate of drug-likeness (QED) is 0.706. The third-order valence-electron chi connectivity index (χ3n) is 3.78. The summed E-state index contributed by atoms with van der Waals surface area (Å²) < 4.78 is 5.94. The van der Waals surface area contributed by atoms with Crippen LogP contribution in [0.15, 0.2) is 60.7 Å². The summed E-state index contributed by atoms with van der Waals surface area (Å²) in [6.07, 6.45) is 3.79. The molecule has 5 heteroatoms. The van der Waals surface area contributed by atoms with Crippen molar-refractivity contribution < 1.29 is 14.6 Å². The van der Waals surface area contributed by atoms with Gasteiger partial charge in [0.2, 0.25) is 5.88 Å². The molecular formula is C21H18N2O3. The predicted octanol–water partition coefficient (Wildman–Crippen LogP) is 4.98. The number of aromatic nitrogens is 2. The fourth-order valence-electron chi connectivity index (χ4n) is 2.49. The molecule has 0 saturated carbocycles. The molecule has 0 atom stereocenters. The van der Waals surface area contributed by atoms with Crippen molar-refractivity contribution in [2.24, 2.45) is 0 Å². The fraction of sp³-hybridized carbons (Fsp3) is 0.0952. The summed E-state index contributed by atoms with van der Waals surface area (Å²) in [6, 6.07) is 15.9. The highest BCUT2D eigenvalue weighted by molar-refractivity contribution is 5.87. The van der Waals surface area contributed by atoms with Gasteiger partial charge >= 0.3 is 5.97 Å². The smallest absolute Gasteiger partial charge is 0.335 e. The van der Waals surface area contributed by atoms with Crippen LogP contribution < -0.4 is 4.74 Å². The van der Waals surface area contributed by atoms with Crippen LogP contribution in [-0.4, -0.2) is 21.0 Å². The zero-order valence-electron chi connectivity index (χ0n) is 14.5. The molecule has 3 aromatic rings. The molecule has 0 aliphatic heterocycles. The molecule has 0 aliphatic carbocycles. The molecule has 5 nitrogen and oxygen atoms in total. The van der Waals surface area contributed by atoms with E-state index in [0.717, 1.165) is 16.8 Å². The van der Waals surface area contributed by atoms with E-state index in [0.29, 0.717) is 17.5 Å². The van der Waals surface area contributed by atoms with Gasteiger partial charge in [0.25, 0.3) is 0 Å². The number of nitrogens with zero attached hydrogens (tertiary/aromatic N) is 2. The summed E-state index contributed by atoms with van der Waals surface area (Å²) in [5.41, 5.74) is 2.69. The minimum atomic E-state index is -0.976. The second-order valence-corrected chi connectivity index (χ2v) is 5.65. The Bertz CT molecular complexity index is 949. The van der Waals surface area contributed by atoms with Gasteiger partial charge in [0.05, 0.1) is 16.8 Å². The molecule has 1 N–H and O–H groups in total. The van der Waals surface area contributed by atoms with Crippen molar-refractivity contribution in [3.63, 3.8) is 0 Å². The highest BCUT2D eigenvalue weighted by Gasteiger charge is 2.13. The van der Waals surface area contributed by atoms with Gasteiger partial charge in [-0.15, -0.1) is 0 Å². The Morgan fingerprint density at radius 1 is 1.04 bits per heavy atom. The van der Waals surface area contributed by atoms with Gasteiger partial charge in [-0.2, -0.15) is 4.98 Å². The van der Waals surface area contributed by atoms with Gasteiger partial charge in [-0.3, -0.25) is 0 Å². The number of carboxylic acid groups (broad SMARTS) is 1. The predicted molar refractivity (Wildman–Crippen MR) is 100 cm³/mol. The number of rotatable bonds is 5. The lowest BCUT2D eigenvalue weighted by Crippen LogP contribution is -2.01. The second-order valence-electron chi connectivity index (χ2n) is 5.65. The van der Waals surface area contributed by atoms with Crippen molar-refractivity contribution >= 4 is 12.0 Å². The number of hydrogen-bond donors (Lipinski definition) is 1. The van der Waals surface area contributed by atoms with Gasteiger partial charge < -0.3 is 9.84 Å². The zero-order chi connectivity index (χ0) is 18.5. The molecule has 0 unspecified atom stereocenters. The van der Waals surface area contributed by atoms with Gasteiger partial charge in [0, 0.05) is 5.56 Å². The Labute approximate surface area is 151 Å². The Morgan fingerprint density at radius 3 is 2.35 bits per heavy atom. The molecule has 0 saturated heterocycles. The van der Waals surface area contributed by atoms with Crippen LogP contribution in [0.1, 0.15) is 28.5 Å². The molecule has 1 aromatic heterocycles. The number of allylic oxidation sites excluding steroid dienone is 1. The van der Waals surface area contributed by atoms with Crippen LogP contribution >= 0.6 is 0 Å². The van der Waals surface area contributed by atoms with Crippen LogP contribution in [0.3, 0.4) is 0 Å². The third-order valence-corrected chi connectivity index (χ3v) is 3.78. The standard InChI is InChI=1S/C21H18N2O3/c1-3-7-18-14(2)22-19(15-8-5-4-6-9-15)23-20(18)26-17-12-10-16(11-13-17)21(24)25/h3-13H,1-2H3,(H,24,25). The molecule has 26 heavy (non-hydrogen) atoms. The van der Waals surface area contributed by atoms with Gasteiger partial charge in [-0.05, 0) is 38.1 Å². The summed E-state index contributed by atoms with van der Waals surface area (Å²) in [4.78, 5) is 20.1. The van der Waals surface area contributed by atoms with Gasteiger partial charge in [-0.1, -0.05) is 42.5 Å². The first kappa shape index (κ1) is 17.4. The van der Waals surface area contributed by atoms with Crippen molar-refractivity contribution in [2.45, 2.75) is 13.8 Å². The minimum Gasteiger partial charge on any atom is -0.478 e. The van der Waals surface area contributed by atoms with Crippen LogP contribution in [0.4, 0.5) is 0 Å². The van der Waals surface area contributed by atoms with Crippen LogP contribution in [-0.2, 0) is 0 Å². The van der Waals surface area contributed by atoms with E-state index in [9.17, 15) is 4.79 Å². The highest BCUT2D eigenvalue weighted by atomic mass is 16.5. The van der Waals surface area contributed by atoms with Crippen LogP contribution in [0.2, 0.25) is 0 Å². The number of hydrogen-bond acceptors (Lipinski definition) is 4. The SMILES string of the molecule is CC=Cc1c(C)nc(-c2ccccc2)nc1Oc1ccc(C(=O)O)cc1. The normalized spacial score (nSPS) is 10.8. The van der Waals surface area contributed by atoms with Crippen LogP contribution in [0.25, 0.3) is 17.5 Å². The molecule has 1 heterocycles. The number of aryl methyl sites for hydroxylation is 1. The molecule has 0 radical (unpaired) electrons. The maximum absolute atomic E-state index is 11.0. The van der Waals surface area contributed by atoms with E-state index in [4.69, 9.17) is 9.84 Å². The Morgan fingerprint density at radius 2 is 1.73 bits per heavy atom. The minimum absolute atomic E-state index is 0.204. The summed E-state index contributed by atoms with van der Waals surface area (Å²) in [5.74, 6) is 0.541. The molecule has 0 fully saturated rings. The van der Waals surface area contributed by atoms with E-state index in [1.165, 1.54) is 12.1 Å². The summed E-state index contributed by atoms with van der Waals surface area (Å²) in [6.45, 7) is 3.82. The van der Waals surface area contributed by atoms with E-state index >= 15 is 0 Å². The first-order valence-electron chi connectivity index (χ1n) is 8.16. The molecule has 130 valence electrons. The number of carbonyl (C=O) groups is 1. The summed E-state index contributed by atoms with van der Waals surface area (Å²) in [7, 11) is 0. The van der Waals surface area contributed by atoms with E-state index in [-0.39, 0.29) is 5.56 Å². The first-order chi connectivity index (χ1) is 12.6. The lowest BCUT2D eigenvalue weighted by Gasteiger charge is -2.12. The number of ether oxygens (including phenoxy) is 1. The molecule has 0 bridgehead atoms. The van der Waals surface area contributed by atoms with Crippen LogP contribution in [0, 0.1) is 6.92 Å². The average Bonchev–Trinajstić information content (AvgIpc) is 2.65. The third kappa shape index (κ3) is 3.78. The Hall–Kier alpha value is -3.47. The van der Waals surface area contributed by atoms with Crippen LogP contribution in [0.5, 0.6) is 11.6 Å². The average molecular weight is 346 g/mol. The largest absolute Gasteiger partial charge is 0.478 e. The zero-order valence-corrected chi connectivity index (χ0v) is 14.5. The number of benzene rings is 2. The lowest BCUT2D eigenvalue weighted by molar-refractivity contribution is 0.0697. The van der Waals surface area contributed by atoms with Crippen molar-refractivity contribution in [1.82, 2.24) is 9.97 Å². The van der Waals surface area contributed by atoms with Gasteiger partial charge in [0.15, 0.2) is 5.82 Å². The highest BCUT2D eigenvalue weighted by Crippen LogP contribution is 2.29. The maximum atomic E-state index is 11.0. The van der Waals surface area contributed by atoms with Crippen molar-refractivity contribution in [3.05, 3.63) is 77.5 Å². The fourth-order valence-corrected chi connectivity index (χ4v) is 2.49. The van der Waals surface area contributed by atoms with Crippen molar-refractivity contribution in [1.29, 1.82) is 0 Å². The second kappa shape index (κ2) is 7.61. The lowest BCUT2D eigenvalue weighted by atomic mass is 10.1. The molecule has 3 rings (SSSR count). The van der Waals surface area contributed by atoms with Crippen molar-refractivity contribution in [3.8, 4) is 23.0 Å². The molecule has 0 aliphatic rings. The topological polar surface area (TPSA) is 72.3 Å². The first-order valence-corrected chi connectivity index (χ1v) is 8.16. The van der Waals surface area contributed by atoms with Crippen molar-refractivity contribution in [2.75, 3.05) is 0 Å². The molecular weight excluding hydrogens is 328 g/mol. The Balaban J connectivity index is 2.03. The molecule has 0 spiro atoms. The maximum Gasteiger partial charge on any atom is 0.335 e. The molecule has 2 aromatic carbocycles.